The van der Waals surface area contributed by atoms with Crippen LogP contribution in [0.3, 0.4) is 0 Å². The highest BCUT2D eigenvalue weighted by Crippen LogP contribution is 2.30. The molecule has 0 spiro atoms. The molecular formula is C29H25ClN2O4S. The van der Waals surface area contributed by atoms with Gasteiger partial charge in [-0.05, 0) is 66.8 Å². The lowest BCUT2D eigenvalue weighted by atomic mass is 9.98. The number of amides is 2. The van der Waals surface area contributed by atoms with Crippen molar-refractivity contribution in [1.29, 1.82) is 0 Å². The molecule has 0 heterocycles. The monoisotopic (exact) mass is 532 g/mol. The highest BCUT2D eigenvalue weighted by Gasteiger charge is 2.20. The van der Waals surface area contributed by atoms with Crippen molar-refractivity contribution >= 4 is 63.3 Å². The van der Waals surface area contributed by atoms with E-state index in [1.807, 2.05) is 32.0 Å². The normalized spacial score (nSPS) is 11.6. The fourth-order valence-electron chi connectivity index (χ4n) is 3.93. The van der Waals surface area contributed by atoms with Crippen LogP contribution in [-0.4, -0.2) is 28.1 Å². The molecule has 2 amide bonds. The van der Waals surface area contributed by atoms with Crippen LogP contribution in [-0.2, 0) is 4.79 Å². The van der Waals surface area contributed by atoms with E-state index in [9.17, 15) is 19.5 Å². The van der Waals surface area contributed by atoms with Crippen molar-refractivity contribution < 1.29 is 19.5 Å². The summed E-state index contributed by atoms with van der Waals surface area (Å²) in [4.78, 5) is 38.6. The van der Waals surface area contributed by atoms with Crippen LogP contribution in [0.1, 0.15) is 39.6 Å². The first-order chi connectivity index (χ1) is 17.8. The molecule has 0 aromatic heterocycles. The van der Waals surface area contributed by atoms with Crippen LogP contribution in [0.5, 0.6) is 0 Å². The summed E-state index contributed by atoms with van der Waals surface area (Å²) < 4.78 is 0. The number of carbonyl (C=O) groups is 3. The summed E-state index contributed by atoms with van der Waals surface area (Å²) in [7, 11) is 0. The molecule has 0 radical (unpaired) electrons. The second-order valence-electron chi connectivity index (χ2n) is 8.46. The van der Waals surface area contributed by atoms with Gasteiger partial charge in [-0.2, -0.15) is 0 Å². The third-order valence-electron chi connectivity index (χ3n) is 5.85. The van der Waals surface area contributed by atoms with E-state index in [1.54, 1.807) is 54.6 Å². The van der Waals surface area contributed by atoms with Gasteiger partial charge in [0.25, 0.3) is 5.91 Å². The van der Waals surface area contributed by atoms with Crippen molar-refractivity contribution in [2.75, 3.05) is 10.6 Å². The Kier molecular flexibility index (Phi) is 8.16. The number of fused-ring (bicyclic) bond motifs is 1. The number of rotatable bonds is 8. The molecule has 0 aliphatic rings. The molecular weight excluding hydrogens is 508 g/mol. The summed E-state index contributed by atoms with van der Waals surface area (Å²) in [5.74, 6) is -1.65. The number of halogens is 1. The van der Waals surface area contributed by atoms with E-state index in [0.29, 0.717) is 33.6 Å². The average Bonchev–Trinajstić information content (AvgIpc) is 2.88. The molecule has 0 fully saturated rings. The Bertz CT molecular complexity index is 1500. The van der Waals surface area contributed by atoms with Gasteiger partial charge in [0.1, 0.15) is 0 Å². The van der Waals surface area contributed by atoms with Crippen LogP contribution in [0.15, 0.2) is 83.8 Å². The minimum atomic E-state index is -1.10. The van der Waals surface area contributed by atoms with E-state index in [4.69, 9.17) is 11.6 Å². The van der Waals surface area contributed by atoms with E-state index >= 15 is 0 Å². The first-order valence-electron chi connectivity index (χ1n) is 11.7. The summed E-state index contributed by atoms with van der Waals surface area (Å²) in [6.07, 6.45) is 0.598. The maximum atomic E-state index is 13.2. The van der Waals surface area contributed by atoms with Crippen LogP contribution in [0.25, 0.3) is 10.8 Å². The second kappa shape index (κ2) is 11.5. The van der Waals surface area contributed by atoms with E-state index < -0.39 is 11.9 Å². The van der Waals surface area contributed by atoms with Gasteiger partial charge in [-0.3, -0.25) is 9.59 Å². The first kappa shape index (κ1) is 26.3. The SMILES string of the molecule is CCC(Sc1cccc(NC(=O)c2cccc3cccc(C(=O)O)c23)c1)C(=O)Nc1ccc(C)c(Cl)c1. The van der Waals surface area contributed by atoms with E-state index in [0.717, 1.165) is 10.5 Å². The molecule has 0 bridgehead atoms. The minimum Gasteiger partial charge on any atom is -0.478 e. The summed E-state index contributed by atoms with van der Waals surface area (Å²) in [5.41, 5.74) is 2.45. The Morgan fingerprint density at radius 3 is 2.24 bits per heavy atom. The van der Waals surface area contributed by atoms with Gasteiger partial charge in [0.2, 0.25) is 5.91 Å². The topological polar surface area (TPSA) is 95.5 Å². The number of hydrogen-bond donors (Lipinski definition) is 3. The summed E-state index contributed by atoms with van der Waals surface area (Å²) in [6.45, 7) is 3.83. The van der Waals surface area contributed by atoms with E-state index in [-0.39, 0.29) is 22.3 Å². The number of carboxylic acids is 1. The Labute approximate surface area is 224 Å². The van der Waals surface area contributed by atoms with Crippen molar-refractivity contribution in [3.8, 4) is 0 Å². The highest BCUT2D eigenvalue weighted by molar-refractivity contribution is 8.00. The number of anilines is 2. The lowest BCUT2D eigenvalue weighted by Crippen LogP contribution is -2.24. The van der Waals surface area contributed by atoms with E-state index in [1.165, 1.54) is 17.8 Å². The number of carbonyl (C=O) groups excluding carboxylic acids is 2. The molecule has 0 saturated carbocycles. The molecule has 8 heteroatoms. The molecule has 0 aliphatic heterocycles. The third-order valence-corrected chi connectivity index (χ3v) is 7.62. The van der Waals surface area contributed by atoms with Crippen LogP contribution in [0.2, 0.25) is 5.02 Å². The molecule has 1 unspecified atom stereocenters. The van der Waals surface area contributed by atoms with Crippen LogP contribution >= 0.6 is 23.4 Å². The Morgan fingerprint density at radius 2 is 1.57 bits per heavy atom. The van der Waals surface area contributed by atoms with Gasteiger partial charge in [-0.15, -0.1) is 11.8 Å². The number of hydrogen-bond acceptors (Lipinski definition) is 4. The fraction of sp³-hybridized carbons (Fsp3) is 0.138. The van der Waals surface area contributed by atoms with Gasteiger partial charge in [0, 0.05) is 32.2 Å². The maximum absolute atomic E-state index is 13.2. The number of nitrogens with one attached hydrogen (secondary N) is 2. The molecule has 4 aromatic carbocycles. The van der Waals surface area contributed by atoms with Crippen LogP contribution in [0.4, 0.5) is 11.4 Å². The largest absolute Gasteiger partial charge is 0.478 e. The molecule has 6 nitrogen and oxygen atoms in total. The molecule has 0 saturated heterocycles. The molecule has 0 aliphatic carbocycles. The standard InChI is InChI=1S/C29H25ClN2O4S/c1-3-25(28(34)32-20-14-13-17(2)24(30)16-20)37-21-10-6-9-19(15-21)31-27(33)22-11-4-7-18-8-5-12-23(26(18)22)29(35)36/h4-16,25H,3H2,1-2H3,(H,31,33)(H,32,34)(H,35,36). The lowest BCUT2D eigenvalue weighted by Gasteiger charge is -2.16. The van der Waals surface area contributed by atoms with Gasteiger partial charge in [0.05, 0.1) is 10.8 Å². The van der Waals surface area contributed by atoms with Gasteiger partial charge < -0.3 is 15.7 Å². The van der Waals surface area contributed by atoms with Crippen LogP contribution in [0, 0.1) is 6.92 Å². The molecule has 3 N–H and O–H groups in total. The quantitative estimate of drug-likeness (QED) is 0.207. The number of carboxylic acid groups (broad SMARTS) is 1. The Hall–Kier alpha value is -3.81. The summed E-state index contributed by atoms with van der Waals surface area (Å²) in [5, 5.41) is 16.7. The molecule has 37 heavy (non-hydrogen) atoms. The third kappa shape index (κ3) is 6.13. The zero-order chi connectivity index (χ0) is 26.5. The Morgan fingerprint density at radius 1 is 0.892 bits per heavy atom. The number of thioether (sulfide) groups is 1. The lowest BCUT2D eigenvalue weighted by molar-refractivity contribution is -0.115. The zero-order valence-electron chi connectivity index (χ0n) is 20.2. The van der Waals surface area contributed by atoms with Crippen molar-refractivity contribution in [3.05, 3.63) is 101 Å². The van der Waals surface area contributed by atoms with Crippen molar-refractivity contribution in [1.82, 2.24) is 0 Å². The summed E-state index contributed by atoms with van der Waals surface area (Å²) >= 11 is 7.58. The van der Waals surface area contributed by atoms with Crippen molar-refractivity contribution in [2.45, 2.75) is 30.4 Å². The van der Waals surface area contributed by atoms with Gasteiger partial charge in [-0.25, -0.2) is 4.79 Å². The molecule has 4 rings (SSSR count). The maximum Gasteiger partial charge on any atom is 0.336 e. The van der Waals surface area contributed by atoms with Crippen molar-refractivity contribution in [3.63, 3.8) is 0 Å². The van der Waals surface area contributed by atoms with Gasteiger partial charge >= 0.3 is 5.97 Å². The van der Waals surface area contributed by atoms with Gasteiger partial charge in [-0.1, -0.05) is 54.9 Å². The first-order valence-corrected chi connectivity index (χ1v) is 12.9. The minimum absolute atomic E-state index is 0.0687. The molecule has 188 valence electrons. The van der Waals surface area contributed by atoms with E-state index in [2.05, 4.69) is 10.6 Å². The van der Waals surface area contributed by atoms with Crippen LogP contribution < -0.4 is 10.6 Å². The number of benzene rings is 4. The molecule has 4 aromatic rings. The molecule has 1 atom stereocenters. The summed E-state index contributed by atoms with van der Waals surface area (Å²) in [6, 6.07) is 22.6. The smallest absolute Gasteiger partial charge is 0.336 e. The second-order valence-corrected chi connectivity index (χ2v) is 10.1. The van der Waals surface area contributed by atoms with Crippen molar-refractivity contribution in [2.24, 2.45) is 0 Å². The fourth-order valence-corrected chi connectivity index (χ4v) is 5.13. The highest BCUT2D eigenvalue weighted by atomic mass is 35.5. The number of aryl methyl sites for hydroxylation is 1. The average molecular weight is 533 g/mol. The number of aromatic carboxylic acids is 1. The zero-order valence-corrected chi connectivity index (χ0v) is 21.8. The Balaban J connectivity index is 1.51. The predicted molar refractivity (Wildman–Crippen MR) is 150 cm³/mol. The van der Waals surface area contributed by atoms with Gasteiger partial charge in [0.15, 0.2) is 0 Å². The predicted octanol–water partition coefficient (Wildman–Crippen LogP) is 7.26.